The van der Waals surface area contributed by atoms with Crippen LogP contribution in [0.4, 0.5) is 5.95 Å². The average molecular weight is 273 g/mol. The van der Waals surface area contributed by atoms with Crippen LogP contribution in [0.2, 0.25) is 0 Å². The van der Waals surface area contributed by atoms with E-state index in [0.717, 1.165) is 41.9 Å². The van der Waals surface area contributed by atoms with Crippen LogP contribution in [0.5, 0.6) is 0 Å². The van der Waals surface area contributed by atoms with Gasteiger partial charge in [-0.1, -0.05) is 19.3 Å². The zero-order valence-corrected chi connectivity index (χ0v) is 12.4. The van der Waals surface area contributed by atoms with Crippen LogP contribution in [0.1, 0.15) is 44.7 Å². The molecule has 0 amide bonds. The highest BCUT2D eigenvalue weighted by atomic mass is 15.2. The molecule has 0 aromatic carbocycles. The summed E-state index contributed by atoms with van der Waals surface area (Å²) < 4.78 is 2.23. The van der Waals surface area contributed by atoms with E-state index in [9.17, 15) is 0 Å². The Morgan fingerprint density at radius 2 is 2.05 bits per heavy atom. The van der Waals surface area contributed by atoms with Crippen molar-refractivity contribution in [1.29, 1.82) is 0 Å². The van der Waals surface area contributed by atoms with Crippen molar-refractivity contribution in [3.8, 4) is 0 Å². The van der Waals surface area contributed by atoms with Crippen molar-refractivity contribution >= 4 is 17.2 Å². The molecule has 2 aromatic rings. The van der Waals surface area contributed by atoms with Crippen LogP contribution in [-0.2, 0) is 6.54 Å². The van der Waals surface area contributed by atoms with Gasteiger partial charge in [0.1, 0.15) is 0 Å². The molecule has 5 nitrogen and oxygen atoms in total. The Balaban J connectivity index is 1.96. The lowest BCUT2D eigenvalue weighted by atomic mass is 9.89. The summed E-state index contributed by atoms with van der Waals surface area (Å²) in [6, 6.07) is 0. The SMILES string of the molecule is CCNc1nc2ncc(C)nc2n1CC1CCCCC1. The van der Waals surface area contributed by atoms with Crippen LogP contribution >= 0.6 is 0 Å². The van der Waals surface area contributed by atoms with Crippen LogP contribution in [-0.4, -0.2) is 26.1 Å². The number of hydrogen-bond donors (Lipinski definition) is 1. The van der Waals surface area contributed by atoms with Crippen molar-refractivity contribution in [2.75, 3.05) is 11.9 Å². The molecule has 1 saturated carbocycles. The summed E-state index contributed by atoms with van der Waals surface area (Å²) in [6.07, 6.45) is 8.54. The molecular weight excluding hydrogens is 250 g/mol. The Morgan fingerprint density at radius 1 is 1.25 bits per heavy atom. The number of imidazole rings is 1. The normalized spacial score (nSPS) is 16.7. The van der Waals surface area contributed by atoms with E-state index < -0.39 is 0 Å². The molecule has 5 heteroatoms. The number of rotatable bonds is 4. The van der Waals surface area contributed by atoms with Gasteiger partial charge in [-0.25, -0.2) is 9.97 Å². The molecule has 0 unspecified atom stereocenters. The van der Waals surface area contributed by atoms with Crippen molar-refractivity contribution in [3.05, 3.63) is 11.9 Å². The van der Waals surface area contributed by atoms with Crippen molar-refractivity contribution in [2.45, 2.75) is 52.5 Å². The van der Waals surface area contributed by atoms with Gasteiger partial charge in [-0.2, -0.15) is 4.98 Å². The fourth-order valence-electron chi connectivity index (χ4n) is 3.07. The van der Waals surface area contributed by atoms with E-state index in [1.54, 1.807) is 6.20 Å². The monoisotopic (exact) mass is 273 g/mol. The summed E-state index contributed by atoms with van der Waals surface area (Å²) in [7, 11) is 0. The van der Waals surface area contributed by atoms with E-state index in [4.69, 9.17) is 0 Å². The molecule has 108 valence electrons. The van der Waals surface area contributed by atoms with Crippen molar-refractivity contribution < 1.29 is 0 Å². The minimum Gasteiger partial charge on any atom is -0.356 e. The van der Waals surface area contributed by atoms with Crippen LogP contribution in [0.25, 0.3) is 11.3 Å². The Bertz CT molecular complexity index is 583. The van der Waals surface area contributed by atoms with E-state index in [-0.39, 0.29) is 0 Å². The molecule has 0 aliphatic heterocycles. The van der Waals surface area contributed by atoms with E-state index in [2.05, 4.69) is 31.8 Å². The first-order valence-electron chi connectivity index (χ1n) is 7.71. The molecule has 0 radical (unpaired) electrons. The van der Waals surface area contributed by atoms with Gasteiger partial charge in [-0.05, 0) is 32.6 Å². The van der Waals surface area contributed by atoms with Gasteiger partial charge in [-0.3, -0.25) is 4.57 Å². The van der Waals surface area contributed by atoms with Crippen molar-refractivity contribution in [3.63, 3.8) is 0 Å². The number of nitrogens with zero attached hydrogens (tertiary/aromatic N) is 4. The topological polar surface area (TPSA) is 55.6 Å². The number of nitrogens with one attached hydrogen (secondary N) is 1. The quantitative estimate of drug-likeness (QED) is 0.929. The minimum absolute atomic E-state index is 0.751. The lowest BCUT2D eigenvalue weighted by molar-refractivity contribution is 0.323. The zero-order chi connectivity index (χ0) is 13.9. The zero-order valence-electron chi connectivity index (χ0n) is 12.4. The van der Waals surface area contributed by atoms with Crippen LogP contribution in [0.3, 0.4) is 0 Å². The number of aryl methyl sites for hydroxylation is 1. The lowest BCUT2D eigenvalue weighted by Crippen LogP contribution is -2.16. The number of anilines is 1. The molecule has 1 fully saturated rings. The highest BCUT2D eigenvalue weighted by Gasteiger charge is 2.19. The Morgan fingerprint density at radius 3 is 2.80 bits per heavy atom. The molecule has 2 aromatic heterocycles. The first-order valence-corrected chi connectivity index (χ1v) is 7.71. The van der Waals surface area contributed by atoms with Crippen LogP contribution < -0.4 is 5.32 Å². The lowest BCUT2D eigenvalue weighted by Gasteiger charge is -2.22. The molecular formula is C15H23N5. The van der Waals surface area contributed by atoms with Gasteiger partial charge < -0.3 is 5.32 Å². The Hall–Kier alpha value is -1.65. The molecule has 0 bridgehead atoms. The predicted molar refractivity (Wildman–Crippen MR) is 80.8 cm³/mol. The third-order valence-corrected chi connectivity index (χ3v) is 4.08. The molecule has 1 aliphatic rings. The van der Waals surface area contributed by atoms with E-state index >= 15 is 0 Å². The van der Waals surface area contributed by atoms with Gasteiger partial charge in [0.25, 0.3) is 0 Å². The summed E-state index contributed by atoms with van der Waals surface area (Å²) in [6.45, 7) is 5.96. The maximum Gasteiger partial charge on any atom is 0.206 e. The second kappa shape index (κ2) is 5.77. The van der Waals surface area contributed by atoms with Crippen LogP contribution in [0.15, 0.2) is 6.20 Å². The Kier molecular flexibility index (Phi) is 3.85. The highest BCUT2D eigenvalue weighted by molar-refractivity contribution is 5.70. The molecule has 2 heterocycles. The molecule has 1 aliphatic carbocycles. The minimum atomic E-state index is 0.751. The smallest absolute Gasteiger partial charge is 0.206 e. The fraction of sp³-hybridized carbons (Fsp3) is 0.667. The maximum atomic E-state index is 4.64. The number of aromatic nitrogens is 4. The molecule has 0 spiro atoms. The van der Waals surface area contributed by atoms with Gasteiger partial charge >= 0.3 is 0 Å². The molecule has 0 saturated heterocycles. The number of hydrogen-bond acceptors (Lipinski definition) is 4. The summed E-state index contributed by atoms with van der Waals surface area (Å²) in [5.74, 6) is 1.67. The standard InChI is InChI=1S/C15H23N5/c1-3-16-15-19-13-14(18-11(2)9-17-13)20(15)10-12-7-5-4-6-8-12/h9,12H,3-8,10H2,1-2H3,(H,16,17,19). The molecule has 1 N–H and O–H groups in total. The summed E-state index contributed by atoms with van der Waals surface area (Å²) in [4.78, 5) is 13.6. The summed E-state index contributed by atoms with van der Waals surface area (Å²) in [5, 5.41) is 3.35. The molecule has 3 rings (SSSR count). The third-order valence-electron chi connectivity index (χ3n) is 4.08. The average Bonchev–Trinajstić information content (AvgIpc) is 2.78. The van der Waals surface area contributed by atoms with E-state index in [1.807, 2.05) is 6.92 Å². The van der Waals surface area contributed by atoms with Gasteiger partial charge in [0.05, 0.1) is 11.9 Å². The van der Waals surface area contributed by atoms with Gasteiger partial charge in [0.15, 0.2) is 11.3 Å². The number of fused-ring (bicyclic) bond motifs is 1. The van der Waals surface area contributed by atoms with Crippen molar-refractivity contribution in [1.82, 2.24) is 19.5 Å². The summed E-state index contributed by atoms with van der Waals surface area (Å²) >= 11 is 0. The fourth-order valence-corrected chi connectivity index (χ4v) is 3.07. The summed E-state index contributed by atoms with van der Waals surface area (Å²) in [5.41, 5.74) is 2.62. The first kappa shape index (κ1) is 13.3. The molecule has 0 atom stereocenters. The van der Waals surface area contributed by atoms with Crippen molar-refractivity contribution in [2.24, 2.45) is 5.92 Å². The largest absolute Gasteiger partial charge is 0.356 e. The Labute approximate surface area is 119 Å². The maximum absolute atomic E-state index is 4.64. The highest BCUT2D eigenvalue weighted by Crippen LogP contribution is 2.27. The second-order valence-corrected chi connectivity index (χ2v) is 5.74. The third kappa shape index (κ3) is 2.62. The van der Waals surface area contributed by atoms with Gasteiger partial charge in [0, 0.05) is 13.1 Å². The molecule has 20 heavy (non-hydrogen) atoms. The van der Waals surface area contributed by atoms with Gasteiger partial charge in [0.2, 0.25) is 5.95 Å². The van der Waals surface area contributed by atoms with Gasteiger partial charge in [-0.15, -0.1) is 0 Å². The first-order chi connectivity index (χ1) is 9.78. The second-order valence-electron chi connectivity index (χ2n) is 5.74. The van der Waals surface area contributed by atoms with Crippen LogP contribution in [0, 0.1) is 12.8 Å². The predicted octanol–water partition coefficient (Wildman–Crippen LogP) is 3.15. The van der Waals surface area contributed by atoms with E-state index in [1.165, 1.54) is 32.1 Å². The van der Waals surface area contributed by atoms with E-state index in [0.29, 0.717) is 0 Å².